The number of thioether (sulfide) groups is 1. The molecule has 7 heteroatoms. The first-order valence-electron chi connectivity index (χ1n) is 8.35. The lowest BCUT2D eigenvalue weighted by Gasteiger charge is -2.13. The van der Waals surface area contributed by atoms with Crippen molar-refractivity contribution in [3.05, 3.63) is 59.1 Å². The largest absolute Gasteiger partial charge is 0.453 e. The average Bonchev–Trinajstić information content (AvgIpc) is 2.63. The quantitative estimate of drug-likeness (QED) is 0.395. The van der Waals surface area contributed by atoms with E-state index in [2.05, 4.69) is 5.32 Å². The Hall–Kier alpha value is -2.31. The Morgan fingerprint density at radius 2 is 1.70 bits per heavy atom. The zero-order valence-corrected chi connectivity index (χ0v) is 16.6. The highest BCUT2D eigenvalue weighted by Gasteiger charge is 2.18. The van der Waals surface area contributed by atoms with Crippen molar-refractivity contribution >= 4 is 46.7 Å². The van der Waals surface area contributed by atoms with Gasteiger partial charge in [0.25, 0.3) is 5.91 Å². The second kappa shape index (κ2) is 10.1. The number of carbonyl (C=O) groups excluding carboxylic acids is 3. The number of hydrogen-bond acceptors (Lipinski definition) is 5. The molecule has 1 N–H and O–H groups in total. The molecule has 0 saturated heterocycles. The maximum Gasteiger partial charge on any atom is 0.307 e. The fourth-order valence-electron chi connectivity index (χ4n) is 2.12. The van der Waals surface area contributed by atoms with Crippen LogP contribution in [0.25, 0.3) is 0 Å². The zero-order valence-electron chi connectivity index (χ0n) is 15.0. The highest BCUT2D eigenvalue weighted by molar-refractivity contribution is 7.99. The van der Waals surface area contributed by atoms with Gasteiger partial charge in [-0.05, 0) is 62.4 Å². The van der Waals surface area contributed by atoms with E-state index in [9.17, 15) is 14.4 Å². The first kappa shape index (κ1) is 21.0. The molecule has 0 saturated carbocycles. The predicted molar refractivity (Wildman–Crippen MR) is 107 cm³/mol. The molecule has 142 valence electrons. The number of Topliss-reactive ketones (excluding diaryl/α,β-unsaturated/α-hetero) is 1. The summed E-state index contributed by atoms with van der Waals surface area (Å²) in [6, 6.07) is 13.9. The van der Waals surface area contributed by atoms with E-state index in [1.165, 1.54) is 25.6 Å². The number of ketones is 1. The number of carbonyl (C=O) groups is 3. The molecule has 0 fully saturated rings. The molecule has 5 nitrogen and oxygen atoms in total. The molecule has 0 radical (unpaired) electrons. The molecule has 2 aromatic carbocycles. The van der Waals surface area contributed by atoms with E-state index in [4.69, 9.17) is 16.3 Å². The fraction of sp³-hybridized carbons (Fsp3) is 0.250. The zero-order chi connectivity index (χ0) is 19.8. The summed E-state index contributed by atoms with van der Waals surface area (Å²) in [4.78, 5) is 36.3. The molecular weight excluding hydrogens is 386 g/mol. The van der Waals surface area contributed by atoms with Gasteiger partial charge in [0.1, 0.15) is 0 Å². The third-order valence-electron chi connectivity index (χ3n) is 3.62. The SMILES string of the molecule is CC(=O)c1ccc(NC(=O)[C@H](C)OC(=O)CCSc2ccc(Cl)cc2)cc1. The van der Waals surface area contributed by atoms with Gasteiger partial charge in [-0.25, -0.2) is 0 Å². The van der Waals surface area contributed by atoms with E-state index >= 15 is 0 Å². The van der Waals surface area contributed by atoms with E-state index < -0.39 is 18.0 Å². The summed E-state index contributed by atoms with van der Waals surface area (Å²) >= 11 is 7.34. The molecule has 2 rings (SSSR count). The number of amides is 1. The van der Waals surface area contributed by atoms with Crippen molar-refractivity contribution in [2.24, 2.45) is 0 Å². The van der Waals surface area contributed by atoms with Gasteiger partial charge in [0.2, 0.25) is 0 Å². The summed E-state index contributed by atoms with van der Waals surface area (Å²) < 4.78 is 5.16. The molecule has 0 spiro atoms. The highest BCUT2D eigenvalue weighted by Crippen LogP contribution is 2.21. The number of hydrogen-bond donors (Lipinski definition) is 1. The van der Waals surface area contributed by atoms with Crippen molar-refractivity contribution in [3.63, 3.8) is 0 Å². The van der Waals surface area contributed by atoms with Crippen LogP contribution in [0.2, 0.25) is 5.02 Å². The molecule has 27 heavy (non-hydrogen) atoms. The molecule has 2 aromatic rings. The fourth-order valence-corrected chi connectivity index (χ4v) is 3.08. The molecule has 0 unspecified atom stereocenters. The van der Waals surface area contributed by atoms with Crippen LogP contribution in [0.4, 0.5) is 5.69 Å². The van der Waals surface area contributed by atoms with Crippen molar-refractivity contribution in [2.75, 3.05) is 11.1 Å². The lowest BCUT2D eigenvalue weighted by Crippen LogP contribution is -2.30. The lowest BCUT2D eigenvalue weighted by molar-refractivity contribution is -0.152. The minimum atomic E-state index is -0.912. The van der Waals surface area contributed by atoms with Crippen molar-refractivity contribution < 1.29 is 19.1 Å². The Morgan fingerprint density at radius 1 is 1.07 bits per heavy atom. The number of ether oxygens (including phenoxy) is 1. The standard InChI is InChI=1S/C20H20ClNO4S/c1-13(23)15-3-7-17(8-4-15)22-20(25)14(2)26-19(24)11-12-27-18-9-5-16(21)6-10-18/h3-10,14H,11-12H2,1-2H3,(H,22,25)/t14-/m0/s1. The monoisotopic (exact) mass is 405 g/mol. The second-order valence-electron chi connectivity index (χ2n) is 5.81. The summed E-state index contributed by atoms with van der Waals surface area (Å²) in [5.74, 6) is -0.372. The first-order chi connectivity index (χ1) is 12.8. The van der Waals surface area contributed by atoms with Gasteiger partial charge >= 0.3 is 5.97 Å². The van der Waals surface area contributed by atoms with Crippen molar-refractivity contribution in [3.8, 4) is 0 Å². The van der Waals surface area contributed by atoms with Crippen LogP contribution in [0.3, 0.4) is 0 Å². The Kier molecular flexibility index (Phi) is 7.88. The van der Waals surface area contributed by atoms with Gasteiger partial charge < -0.3 is 10.1 Å². The van der Waals surface area contributed by atoms with E-state index in [1.807, 2.05) is 12.1 Å². The van der Waals surface area contributed by atoms with Gasteiger partial charge in [-0.2, -0.15) is 0 Å². The second-order valence-corrected chi connectivity index (χ2v) is 7.41. The third-order valence-corrected chi connectivity index (χ3v) is 4.89. The Bertz CT molecular complexity index is 806. The number of halogens is 1. The van der Waals surface area contributed by atoms with Gasteiger partial charge in [0, 0.05) is 26.9 Å². The minimum Gasteiger partial charge on any atom is -0.453 e. The Balaban J connectivity index is 1.75. The molecular formula is C20H20ClNO4S. The highest BCUT2D eigenvalue weighted by atomic mass is 35.5. The Labute approximate surface area is 167 Å². The molecule has 0 heterocycles. The van der Waals surface area contributed by atoms with Crippen molar-refractivity contribution in [1.29, 1.82) is 0 Å². The van der Waals surface area contributed by atoms with Crippen LogP contribution in [0.15, 0.2) is 53.4 Å². The number of rotatable bonds is 8. The smallest absolute Gasteiger partial charge is 0.307 e. The summed E-state index contributed by atoms with van der Waals surface area (Å²) in [6.07, 6.45) is -0.719. The maximum atomic E-state index is 12.1. The predicted octanol–water partition coefficient (Wildman–Crippen LogP) is 4.60. The average molecular weight is 406 g/mol. The summed E-state index contributed by atoms with van der Waals surface area (Å²) in [5.41, 5.74) is 1.09. The number of esters is 1. The van der Waals surface area contributed by atoms with Crippen molar-refractivity contribution in [1.82, 2.24) is 0 Å². The van der Waals surface area contributed by atoms with Crippen LogP contribution in [0.1, 0.15) is 30.6 Å². The van der Waals surface area contributed by atoms with Gasteiger partial charge in [0.15, 0.2) is 11.9 Å². The summed E-state index contributed by atoms with van der Waals surface area (Å²) in [5, 5.41) is 3.32. The molecule has 0 aliphatic heterocycles. The maximum absolute atomic E-state index is 12.1. The van der Waals surface area contributed by atoms with E-state index in [0.717, 1.165) is 4.90 Å². The van der Waals surface area contributed by atoms with E-state index in [-0.39, 0.29) is 12.2 Å². The van der Waals surface area contributed by atoms with Crippen LogP contribution in [-0.2, 0) is 14.3 Å². The first-order valence-corrected chi connectivity index (χ1v) is 9.71. The molecule has 0 aliphatic carbocycles. The Morgan fingerprint density at radius 3 is 2.30 bits per heavy atom. The van der Waals surface area contributed by atoms with Crippen LogP contribution in [-0.4, -0.2) is 29.5 Å². The molecule has 0 aromatic heterocycles. The number of benzene rings is 2. The number of anilines is 1. The third kappa shape index (κ3) is 7.07. The normalized spacial score (nSPS) is 11.5. The van der Waals surface area contributed by atoms with Gasteiger partial charge in [0.05, 0.1) is 6.42 Å². The summed E-state index contributed by atoms with van der Waals surface area (Å²) in [6.45, 7) is 2.99. The van der Waals surface area contributed by atoms with Crippen LogP contribution < -0.4 is 5.32 Å². The number of nitrogens with one attached hydrogen (secondary N) is 1. The van der Waals surface area contributed by atoms with E-state index in [0.29, 0.717) is 22.0 Å². The van der Waals surface area contributed by atoms with Gasteiger partial charge in [-0.3, -0.25) is 14.4 Å². The van der Waals surface area contributed by atoms with Crippen LogP contribution >= 0.6 is 23.4 Å². The van der Waals surface area contributed by atoms with Crippen LogP contribution in [0.5, 0.6) is 0 Å². The molecule has 1 amide bonds. The van der Waals surface area contributed by atoms with Gasteiger partial charge in [-0.1, -0.05) is 11.6 Å². The molecule has 0 aliphatic rings. The van der Waals surface area contributed by atoms with E-state index in [1.54, 1.807) is 36.4 Å². The van der Waals surface area contributed by atoms with Crippen LogP contribution in [0, 0.1) is 0 Å². The molecule has 0 bridgehead atoms. The van der Waals surface area contributed by atoms with Gasteiger partial charge in [-0.15, -0.1) is 11.8 Å². The molecule has 1 atom stereocenters. The van der Waals surface area contributed by atoms with Crippen molar-refractivity contribution in [2.45, 2.75) is 31.3 Å². The minimum absolute atomic E-state index is 0.0494. The summed E-state index contributed by atoms with van der Waals surface area (Å²) in [7, 11) is 0. The lowest BCUT2D eigenvalue weighted by atomic mass is 10.1. The topological polar surface area (TPSA) is 72.5 Å².